The van der Waals surface area contributed by atoms with Crippen molar-refractivity contribution in [1.29, 1.82) is 0 Å². The molecule has 3 unspecified atom stereocenters. The molecule has 0 aliphatic carbocycles. The third-order valence-electron chi connectivity index (χ3n) is 4.66. The predicted octanol–water partition coefficient (Wildman–Crippen LogP) is 3.69. The van der Waals surface area contributed by atoms with Crippen molar-refractivity contribution in [2.75, 3.05) is 17.2 Å². The molecule has 0 saturated carbocycles. The van der Waals surface area contributed by atoms with Crippen LogP contribution in [0.1, 0.15) is 27.2 Å². The Labute approximate surface area is 120 Å². The van der Waals surface area contributed by atoms with Gasteiger partial charge in [-0.05, 0) is 31.2 Å². The van der Waals surface area contributed by atoms with Crippen molar-refractivity contribution >= 4 is 22.3 Å². The van der Waals surface area contributed by atoms with Gasteiger partial charge in [0.25, 0.3) is 0 Å². The van der Waals surface area contributed by atoms with Gasteiger partial charge in [-0.15, -0.1) is 0 Å². The molecule has 3 nitrogen and oxygen atoms in total. The van der Waals surface area contributed by atoms with Gasteiger partial charge in [0.05, 0.1) is 23.1 Å². The summed E-state index contributed by atoms with van der Waals surface area (Å²) >= 11 is 0. The van der Waals surface area contributed by atoms with Crippen LogP contribution in [0.5, 0.6) is 0 Å². The molecule has 20 heavy (non-hydrogen) atoms. The maximum Gasteiger partial charge on any atom is 0.0745 e. The second-order valence-corrected chi connectivity index (χ2v) is 6.29. The summed E-state index contributed by atoms with van der Waals surface area (Å²) < 4.78 is 0. The average Bonchev–Trinajstić information content (AvgIpc) is 2.43. The van der Waals surface area contributed by atoms with Gasteiger partial charge in [0, 0.05) is 18.0 Å². The molecule has 3 atom stereocenters. The first-order valence-corrected chi connectivity index (χ1v) is 7.47. The summed E-state index contributed by atoms with van der Waals surface area (Å²) in [6.07, 6.45) is 3.09. The van der Waals surface area contributed by atoms with Crippen molar-refractivity contribution in [3.05, 3.63) is 30.5 Å². The van der Waals surface area contributed by atoms with Gasteiger partial charge in [0.15, 0.2) is 0 Å². The summed E-state index contributed by atoms with van der Waals surface area (Å²) in [6.45, 7) is 8.05. The smallest absolute Gasteiger partial charge is 0.0745 e. The van der Waals surface area contributed by atoms with Crippen LogP contribution in [0.25, 0.3) is 10.9 Å². The first kappa shape index (κ1) is 13.2. The quantitative estimate of drug-likeness (QED) is 0.858. The SMILES string of the molecule is CC1CC(C)C(C)N(c2c(N)cnc3ccccc23)C1. The number of nitrogens with zero attached hydrogens (tertiary/aromatic N) is 2. The summed E-state index contributed by atoms with van der Waals surface area (Å²) in [5, 5.41) is 1.17. The van der Waals surface area contributed by atoms with Crippen molar-refractivity contribution in [1.82, 2.24) is 4.98 Å². The number of benzene rings is 1. The molecule has 2 aromatic rings. The molecule has 2 N–H and O–H groups in total. The van der Waals surface area contributed by atoms with Crippen LogP contribution >= 0.6 is 0 Å². The molecule has 3 heteroatoms. The number of nitrogens with two attached hydrogens (primary N) is 1. The molecular weight excluding hydrogens is 246 g/mol. The molecule has 106 valence electrons. The van der Waals surface area contributed by atoms with E-state index in [0.29, 0.717) is 17.9 Å². The van der Waals surface area contributed by atoms with Crippen LogP contribution in [0.15, 0.2) is 30.5 Å². The minimum absolute atomic E-state index is 0.513. The zero-order valence-corrected chi connectivity index (χ0v) is 12.5. The van der Waals surface area contributed by atoms with Crippen LogP contribution < -0.4 is 10.6 Å². The number of rotatable bonds is 1. The maximum absolute atomic E-state index is 6.27. The van der Waals surface area contributed by atoms with Crippen molar-refractivity contribution in [2.45, 2.75) is 33.2 Å². The third kappa shape index (κ3) is 2.11. The predicted molar refractivity (Wildman–Crippen MR) is 85.9 cm³/mol. The van der Waals surface area contributed by atoms with Crippen LogP contribution in [0.4, 0.5) is 11.4 Å². The first-order chi connectivity index (χ1) is 9.58. The summed E-state index contributed by atoms with van der Waals surface area (Å²) in [5.74, 6) is 1.39. The summed E-state index contributed by atoms with van der Waals surface area (Å²) in [7, 11) is 0. The molecule has 1 aliphatic rings. The number of hydrogen-bond donors (Lipinski definition) is 1. The van der Waals surface area contributed by atoms with Crippen molar-refractivity contribution in [3.63, 3.8) is 0 Å². The third-order valence-corrected chi connectivity index (χ3v) is 4.66. The van der Waals surface area contributed by atoms with Gasteiger partial charge in [-0.2, -0.15) is 0 Å². The lowest BCUT2D eigenvalue weighted by Crippen LogP contribution is -2.46. The standard InChI is InChI=1S/C17H23N3/c1-11-8-12(2)13(3)20(10-11)17-14-6-4-5-7-16(14)19-9-15(17)18/h4-7,9,11-13H,8,10,18H2,1-3H3. The monoisotopic (exact) mass is 269 g/mol. The number of aromatic nitrogens is 1. The largest absolute Gasteiger partial charge is 0.396 e. The highest BCUT2D eigenvalue weighted by Gasteiger charge is 2.30. The number of anilines is 2. The maximum atomic E-state index is 6.27. The number of fused-ring (bicyclic) bond motifs is 1. The van der Waals surface area contributed by atoms with Crippen LogP contribution in [0.3, 0.4) is 0 Å². The Morgan fingerprint density at radius 1 is 1.20 bits per heavy atom. The molecule has 1 saturated heterocycles. The number of nitrogen functional groups attached to an aromatic ring is 1. The van der Waals surface area contributed by atoms with E-state index in [1.54, 1.807) is 6.20 Å². The summed E-state index contributed by atoms with van der Waals surface area (Å²) in [4.78, 5) is 6.93. The molecule has 1 fully saturated rings. The number of para-hydroxylation sites is 1. The van der Waals surface area contributed by atoms with Crippen LogP contribution in [0.2, 0.25) is 0 Å². The Kier molecular flexibility index (Phi) is 3.28. The minimum Gasteiger partial charge on any atom is -0.396 e. The molecule has 2 heterocycles. The molecule has 1 aromatic heterocycles. The number of piperidine rings is 1. The van der Waals surface area contributed by atoms with Crippen LogP contribution in [0, 0.1) is 11.8 Å². The lowest BCUT2D eigenvalue weighted by atomic mass is 9.85. The van der Waals surface area contributed by atoms with E-state index >= 15 is 0 Å². The Morgan fingerprint density at radius 3 is 2.75 bits per heavy atom. The average molecular weight is 269 g/mol. The lowest BCUT2D eigenvalue weighted by molar-refractivity contribution is 0.297. The molecule has 1 aromatic carbocycles. The van der Waals surface area contributed by atoms with Gasteiger partial charge < -0.3 is 10.6 Å². The van der Waals surface area contributed by atoms with E-state index in [1.165, 1.54) is 17.5 Å². The Bertz CT molecular complexity index is 623. The fourth-order valence-electron chi connectivity index (χ4n) is 3.47. The van der Waals surface area contributed by atoms with E-state index < -0.39 is 0 Å². The van der Waals surface area contributed by atoms with Gasteiger partial charge in [-0.25, -0.2) is 0 Å². The normalized spacial score (nSPS) is 26.9. The van der Waals surface area contributed by atoms with Gasteiger partial charge in [-0.1, -0.05) is 32.0 Å². The zero-order chi connectivity index (χ0) is 14.3. The fourth-order valence-corrected chi connectivity index (χ4v) is 3.47. The molecule has 3 rings (SSSR count). The molecule has 1 aliphatic heterocycles. The molecule has 0 amide bonds. The highest BCUT2D eigenvalue weighted by molar-refractivity contribution is 5.97. The highest BCUT2D eigenvalue weighted by Crippen LogP contribution is 2.38. The van der Waals surface area contributed by atoms with Gasteiger partial charge >= 0.3 is 0 Å². The number of pyridine rings is 1. The Hall–Kier alpha value is -1.77. The lowest BCUT2D eigenvalue weighted by Gasteiger charge is -2.43. The van der Waals surface area contributed by atoms with E-state index in [4.69, 9.17) is 5.73 Å². The second-order valence-electron chi connectivity index (χ2n) is 6.29. The van der Waals surface area contributed by atoms with E-state index in [1.807, 2.05) is 6.07 Å². The minimum atomic E-state index is 0.513. The first-order valence-electron chi connectivity index (χ1n) is 7.47. The summed E-state index contributed by atoms with van der Waals surface area (Å²) in [6, 6.07) is 8.79. The second kappa shape index (κ2) is 4.97. The van der Waals surface area contributed by atoms with Crippen molar-refractivity contribution < 1.29 is 0 Å². The van der Waals surface area contributed by atoms with E-state index in [9.17, 15) is 0 Å². The Morgan fingerprint density at radius 2 is 1.95 bits per heavy atom. The zero-order valence-electron chi connectivity index (χ0n) is 12.5. The molecule has 0 spiro atoms. The summed E-state index contributed by atoms with van der Waals surface area (Å²) in [5.41, 5.74) is 9.25. The fraction of sp³-hybridized carbons (Fsp3) is 0.471. The van der Waals surface area contributed by atoms with E-state index in [2.05, 4.69) is 48.9 Å². The van der Waals surface area contributed by atoms with Gasteiger partial charge in [0.1, 0.15) is 0 Å². The van der Waals surface area contributed by atoms with Gasteiger partial charge in [0.2, 0.25) is 0 Å². The van der Waals surface area contributed by atoms with E-state index in [-0.39, 0.29) is 0 Å². The van der Waals surface area contributed by atoms with Crippen LogP contribution in [-0.2, 0) is 0 Å². The van der Waals surface area contributed by atoms with E-state index in [0.717, 1.165) is 17.7 Å². The van der Waals surface area contributed by atoms with Crippen molar-refractivity contribution in [3.8, 4) is 0 Å². The molecule has 0 bridgehead atoms. The Balaban J connectivity index is 2.15. The highest BCUT2D eigenvalue weighted by atomic mass is 15.2. The van der Waals surface area contributed by atoms with Gasteiger partial charge in [-0.3, -0.25) is 4.98 Å². The topological polar surface area (TPSA) is 42.1 Å². The molecular formula is C17H23N3. The van der Waals surface area contributed by atoms with Crippen molar-refractivity contribution in [2.24, 2.45) is 11.8 Å². The van der Waals surface area contributed by atoms with Crippen LogP contribution in [-0.4, -0.2) is 17.6 Å². The molecule has 0 radical (unpaired) electrons. The number of hydrogen-bond acceptors (Lipinski definition) is 3.